The molecule has 1 aliphatic rings. The molecule has 0 bridgehead atoms. The quantitative estimate of drug-likeness (QED) is 0.676. The number of fused-ring (bicyclic) bond motifs is 1. The molecule has 1 aromatic heterocycles. The van der Waals surface area contributed by atoms with Gasteiger partial charge in [-0.1, -0.05) is 45.2 Å². The van der Waals surface area contributed by atoms with Crippen LogP contribution in [-0.2, 0) is 11.3 Å². The molecular formula is C20H29N3O. The maximum Gasteiger partial charge on any atom is 0.223 e. The predicted molar refractivity (Wildman–Crippen MR) is 98.1 cm³/mol. The molecule has 0 spiro atoms. The summed E-state index contributed by atoms with van der Waals surface area (Å²) in [5, 5.41) is 0. The third-order valence-corrected chi connectivity index (χ3v) is 5.03. The monoisotopic (exact) mass is 327 g/mol. The Kier molecular flexibility index (Phi) is 5.54. The minimum atomic E-state index is 0.239. The van der Waals surface area contributed by atoms with Crippen LogP contribution in [0.3, 0.4) is 0 Å². The Morgan fingerprint density at radius 3 is 2.67 bits per heavy atom. The van der Waals surface area contributed by atoms with E-state index in [1.807, 2.05) is 11.0 Å². The molecule has 130 valence electrons. The summed E-state index contributed by atoms with van der Waals surface area (Å²) in [6, 6.07) is 8.37. The number of imidazole rings is 1. The van der Waals surface area contributed by atoms with Crippen molar-refractivity contribution in [2.24, 2.45) is 0 Å². The number of unbranched alkanes of at least 4 members (excludes halogenated alkanes) is 3. The summed E-state index contributed by atoms with van der Waals surface area (Å²) >= 11 is 0. The number of rotatable bonds is 8. The van der Waals surface area contributed by atoms with Crippen LogP contribution in [0.2, 0.25) is 0 Å². The summed E-state index contributed by atoms with van der Waals surface area (Å²) in [5.41, 5.74) is 2.27. The normalized spacial score (nSPS) is 18.0. The fraction of sp³-hybridized carbons (Fsp3) is 0.600. The Labute approximate surface area is 144 Å². The highest BCUT2D eigenvalue weighted by molar-refractivity contribution is 5.80. The molecule has 1 amide bonds. The second kappa shape index (κ2) is 7.82. The molecule has 0 N–H and O–H groups in total. The van der Waals surface area contributed by atoms with Gasteiger partial charge in [0.1, 0.15) is 5.82 Å². The van der Waals surface area contributed by atoms with Crippen molar-refractivity contribution in [2.45, 2.75) is 64.8 Å². The van der Waals surface area contributed by atoms with Crippen molar-refractivity contribution in [3.05, 3.63) is 30.1 Å². The summed E-state index contributed by atoms with van der Waals surface area (Å²) in [6.45, 7) is 7.13. The molecule has 1 fully saturated rings. The van der Waals surface area contributed by atoms with E-state index in [-0.39, 0.29) is 5.92 Å². The molecule has 2 aromatic rings. The summed E-state index contributed by atoms with van der Waals surface area (Å²) in [6.07, 6.45) is 6.45. The van der Waals surface area contributed by atoms with Crippen LogP contribution in [0.15, 0.2) is 24.3 Å². The first kappa shape index (κ1) is 17.0. The molecule has 0 saturated carbocycles. The summed E-state index contributed by atoms with van der Waals surface area (Å²) in [5.74, 6) is 1.64. The molecule has 1 atom stereocenters. The highest BCUT2D eigenvalue weighted by Crippen LogP contribution is 2.30. The van der Waals surface area contributed by atoms with Gasteiger partial charge >= 0.3 is 0 Å². The number of carbonyl (C=O) groups is 1. The number of likely N-dealkylation sites (tertiary alicyclic amines) is 1. The fourth-order valence-electron chi connectivity index (χ4n) is 3.67. The van der Waals surface area contributed by atoms with Gasteiger partial charge in [0, 0.05) is 32.0 Å². The van der Waals surface area contributed by atoms with Crippen LogP contribution < -0.4 is 0 Å². The number of carbonyl (C=O) groups excluding carboxylic acids is 1. The molecule has 4 nitrogen and oxygen atoms in total. The number of nitrogens with zero attached hydrogens (tertiary/aromatic N) is 3. The van der Waals surface area contributed by atoms with Crippen molar-refractivity contribution < 1.29 is 4.79 Å². The van der Waals surface area contributed by atoms with Crippen LogP contribution in [0, 0.1) is 0 Å². The van der Waals surface area contributed by atoms with E-state index in [2.05, 4.69) is 36.6 Å². The highest BCUT2D eigenvalue weighted by Gasteiger charge is 2.33. The standard InChI is InChI=1S/C20H29N3O/c1-3-5-9-13-23-18-11-8-7-10-17(18)21-20(23)16-14-19(24)22(15-16)12-6-4-2/h7-8,10-11,16H,3-6,9,12-15H2,1-2H3. The molecule has 1 unspecified atom stereocenters. The lowest BCUT2D eigenvalue weighted by Gasteiger charge is -2.17. The van der Waals surface area contributed by atoms with E-state index in [1.54, 1.807) is 0 Å². The van der Waals surface area contributed by atoms with Gasteiger partial charge in [-0.05, 0) is 25.0 Å². The molecule has 0 radical (unpaired) electrons. The molecule has 4 heteroatoms. The Hall–Kier alpha value is -1.84. The van der Waals surface area contributed by atoms with Crippen LogP contribution in [0.1, 0.15) is 64.1 Å². The van der Waals surface area contributed by atoms with E-state index in [4.69, 9.17) is 4.98 Å². The van der Waals surface area contributed by atoms with Crippen molar-refractivity contribution in [3.8, 4) is 0 Å². The summed E-state index contributed by atoms with van der Waals surface area (Å²) < 4.78 is 2.37. The summed E-state index contributed by atoms with van der Waals surface area (Å²) in [4.78, 5) is 19.3. The number of benzene rings is 1. The van der Waals surface area contributed by atoms with Gasteiger partial charge in [-0.15, -0.1) is 0 Å². The van der Waals surface area contributed by atoms with Gasteiger partial charge in [0.2, 0.25) is 5.91 Å². The first-order valence-electron chi connectivity index (χ1n) is 9.47. The molecular weight excluding hydrogens is 298 g/mol. The average molecular weight is 327 g/mol. The number of aromatic nitrogens is 2. The number of hydrogen-bond donors (Lipinski definition) is 0. The van der Waals surface area contributed by atoms with Gasteiger partial charge in [-0.2, -0.15) is 0 Å². The van der Waals surface area contributed by atoms with E-state index in [0.717, 1.165) is 43.8 Å². The maximum absolute atomic E-state index is 12.3. The molecule has 1 aliphatic heterocycles. The second-order valence-corrected chi connectivity index (χ2v) is 6.91. The Morgan fingerprint density at radius 2 is 1.88 bits per heavy atom. The first-order chi connectivity index (χ1) is 11.7. The Morgan fingerprint density at radius 1 is 1.08 bits per heavy atom. The fourth-order valence-corrected chi connectivity index (χ4v) is 3.67. The van der Waals surface area contributed by atoms with Gasteiger partial charge in [0.15, 0.2) is 0 Å². The lowest BCUT2D eigenvalue weighted by molar-refractivity contribution is -0.127. The van der Waals surface area contributed by atoms with E-state index >= 15 is 0 Å². The third-order valence-electron chi connectivity index (χ3n) is 5.03. The maximum atomic E-state index is 12.3. The van der Waals surface area contributed by atoms with Crippen LogP contribution in [-0.4, -0.2) is 33.4 Å². The van der Waals surface area contributed by atoms with E-state index in [9.17, 15) is 4.79 Å². The average Bonchev–Trinajstić information content (AvgIpc) is 3.14. The van der Waals surface area contributed by atoms with Gasteiger partial charge in [-0.3, -0.25) is 4.79 Å². The topological polar surface area (TPSA) is 38.1 Å². The smallest absolute Gasteiger partial charge is 0.223 e. The number of para-hydroxylation sites is 2. The van der Waals surface area contributed by atoms with Gasteiger partial charge in [0.25, 0.3) is 0 Å². The van der Waals surface area contributed by atoms with Crippen LogP contribution in [0.5, 0.6) is 0 Å². The van der Waals surface area contributed by atoms with Gasteiger partial charge < -0.3 is 9.47 Å². The van der Waals surface area contributed by atoms with Crippen molar-refractivity contribution in [3.63, 3.8) is 0 Å². The van der Waals surface area contributed by atoms with E-state index in [0.29, 0.717) is 12.3 Å². The van der Waals surface area contributed by atoms with Crippen LogP contribution in [0.4, 0.5) is 0 Å². The zero-order valence-corrected chi connectivity index (χ0v) is 15.0. The van der Waals surface area contributed by atoms with Crippen LogP contribution >= 0.6 is 0 Å². The number of hydrogen-bond acceptors (Lipinski definition) is 2. The molecule has 1 aromatic carbocycles. The number of amides is 1. The van der Waals surface area contributed by atoms with E-state index < -0.39 is 0 Å². The zero-order chi connectivity index (χ0) is 16.9. The van der Waals surface area contributed by atoms with Crippen LogP contribution in [0.25, 0.3) is 11.0 Å². The molecule has 3 rings (SSSR count). The highest BCUT2D eigenvalue weighted by atomic mass is 16.2. The summed E-state index contributed by atoms with van der Waals surface area (Å²) in [7, 11) is 0. The van der Waals surface area contributed by atoms with Crippen molar-refractivity contribution >= 4 is 16.9 Å². The van der Waals surface area contributed by atoms with Crippen molar-refractivity contribution in [1.82, 2.24) is 14.5 Å². The number of aryl methyl sites for hydroxylation is 1. The minimum Gasteiger partial charge on any atom is -0.342 e. The zero-order valence-electron chi connectivity index (χ0n) is 15.0. The first-order valence-corrected chi connectivity index (χ1v) is 9.47. The molecule has 24 heavy (non-hydrogen) atoms. The SMILES string of the molecule is CCCCCn1c(C2CC(=O)N(CCCC)C2)nc2ccccc21. The predicted octanol–water partition coefficient (Wildman–Crippen LogP) is 4.34. The lowest BCUT2D eigenvalue weighted by Crippen LogP contribution is -2.26. The van der Waals surface area contributed by atoms with Gasteiger partial charge in [0.05, 0.1) is 11.0 Å². The molecule has 1 saturated heterocycles. The van der Waals surface area contributed by atoms with Crippen molar-refractivity contribution in [1.29, 1.82) is 0 Å². The largest absolute Gasteiger partial charge is 0.342 e. The van der Waals surface area contributed by atoms with Crippen molar-refractivity contribution in [2.75, 3.05) is 13.1 Å². The van der Waals surface area contributed by atoms with E-state index in [1.165, 1.54) is 24.8 Å². The molecule has 2 heterocycles. The third kappa shape index (κ3) is 3.47. The molecule has 0 aliphatic carbocycles. The lowest BCUT2D eigenvalue weighted by atomic mass is 10.1. The van der Waals surface area contributed by atoms with Gasteiger partial charge in [-0.25, -0.2) is 4.98 Å². The second-order valence-electron chi connectivity index (χ2n) is 6.91. The Balaban J connectivity index is 1.85. The minimum absolute atomic E-state index is 0.239. The Bertz CT molecular complexity index is 691.